The van der Waals surface area contributed by atoms with E-state index in [2.05, 4.69) is 50.1 Å². The van der Waals surface area contributed by atoms with Gasteiger partial charge < -0.3 is 4.74 Å². The van der Waals surface area contributed by atoms with Gasteiger partial charge in [0.2, 0.25) is 0 Å². The van der Waals surface area contributed by atoms with Crippen molar-refractivity contribution >= 4 is 31.9 Å². The van der Waals surface area contributed by atoms with Crippen LogP contribution in [0, 0.1) is 0 Å². The average Bonchev–Trinajstić information content (AvgIpc) is 2.17. The Morgan fingerprint density at radius 1 is 1.31 bits per heavy atom. The van der Waals surface area contributed by atoms with Gasteiger partial charge in [-0.1, -0.05) is 44.0 Å². The lowest BCUT2D eigenvalue weighted by atomic mass is 10.0. The molecular formula is C10H10Br2O. The zero-order chi connectivity index (χ0) is 9.26. The highest BCUT2D eigenvalue weighted by Gasteiger charge is 2.12. The van der Waals surface area contributed by atoms with E-state index in [0.717, 1.165) is 25.2 Å². The molecule has 1 aliphatic heterocycles. The van der Waals surface area contributed by atoms with Crippen molar-refractivity contribution in [1.82, 2.24) is 0 Å². The zero-order valence-corrected chi connectivity index (χ0v) is 10.3. The molecule has 1 aliphatic rings. The molecule has 1 heterocycles. The van der Waals surface area contributed by atoms with Crippen molar-refractivity contribution in [3.05, 3.63) is 29.3 Å². The standard InChI is InChI=1S/C10H10Br2O/c11-10(12)8-4-3-7-2-1-5-13-9(7)6-8/h3-4,6,10H,1-2,5H2. The fourth-order valence-corrected chi connectivity index (χ4v) is 2.06. The van der Waals surface area contributed by atoms with Gasteiger partial charge in [-0.05, 0) is 30.0 Å². The van der Waals surface area contributed by atoms with Crippen LogP contribution in [0.2, 0.25) is 0 Å². The number of hydrogen-bond acceptors (Lipinski definition) is 1. The Balaban J connectivity index is 2.35. The summed E-state index contributed by atoms with van der Waals surface area (Å²) in [6, 6.07) is 6.38. The van der Waals surface area contributed by atoms with Crippen LogP contribution in [0.5, 0.6) is 5.75 Å². The lowest BCUT2D eigenvalue weighted by molar-refractivity contribution is 0.288. The summed E-state index contributed by atoms with van der Waals surface area (Å²) in [7, 11) is 0. The maximum absolute atomic E-state index is 5.57. The number of ether oxygens (including phenoxy) is 1. The molecule has 0 radical (unpaired) electrons. The Morgan fingerprint density at radius 3 is 2.92 bits per heavy atom. The first-order valence-electron chi connectivity index (χ1n) is 4.31. The molecular weight excluding hydrogens is 296 g/mol. The van der Waals surface area contributed by atoms with Crippen LogP contribution in [0.1, 0.15) is 21.3 Å². The van der Waals surface area contributed by atoms with Gasteiger partial charge >= 0.3 is 0 Å². The SMILES string of the molecule is BrC(Br)c1ccc2c(c1)OCCC2. The summed E-state index contributed by atoms with van der Waals surface area (Å²) >= 11 is 6.94. The van der Waals surface area contributed by atoms with Gasteiger partial charge in [-0.15, -0.1) is 0 Å². The molecule has 0 saturated carbocycles. The van der Waals surface area contributed by atoms with Crippen LogP contribution in [-0.4, -0.2) is 6.61 Å². The van der Waals surface area contributed by atoms with E-state index in [1.54, 1.807) is 0 Å². The molecule has 0 fully saturated rings. The van der Waals surface area contributed by atoms with Gasteiger partial charge in [0.05, 0.1) is 10.3 Å². The van der Waals surface area contributed by atoms with E-state index in [1.165, 1.54) is 11.1 Å². The smallest absolute Gasteiger partial charge is 0.122 e. The van der Waals surface area contributed by atoms with Crippen LogP contribution in [0.25, 0.3) is 0 Å². The Morgan fingerprint density at radius 2 is 2.15 bits per heavy atom. The molecule has 0 bridgehead atoms. The van der Waals surface area contributed by atoms with Gasteiger partial charge in [-0.25, -0.2) is 0 Å². The van der Waals surface area contributed by atoms with E-state index in [0.29, 0.717) is 0 Å². The summed E-state index contributed by atoms with van der Waals surface area (Å²) in [5.41, 5.74) is 2.54. The van der Waals surface area contributed by atoms with E-state index >= 15 is 0 Å². The molecule has 0 saturated heterocycles. The molecule has 0 aliphatic carbocycles. The van der Waals surface area contributed by atoms with Gasteiger partial charge in [-0.3, -0.25) is 0 Å². The van der Waals surface area contributed by atoms with E-state index in [-0.39, 0.29) is 3.74 Å². The third-order valence-electron chi connectivity index (χ3n) is 2.19. The zero-order valence-electron chi connectivity index (χ0n) is 7.09. The van der Waals surface area contributed by atoms with Crippen molar-refractivity contribution in [1.29, 1.82) is 0 Å². The van der Waals surface area contributed by atoms with E-state index in [9.17, 15) is 0 Å². The minimum absolute atomic E-state index is 0.218. The molecule has 0 unspecified atom stereocenters. The predicted octanol–water partition coefficient (Wildman–Crippen LogP) is 3.80. The molecule has 0 aromatic heterocycles. The van der Waals surface area contributed by atoms with Crippen molar-refractivity contribution in [3.8, 4) is 5.75 Å². The Bertz CT molecular complexity index is 310. The molecule has 1 aromatic carbocycles. The second-order valence-corrected chi connectivity index (χ2v) is 6.18. The van der Waals surface area contributed by atoms with Crippen molar-refractivity contribution in [2.45, 2.75) is 16.6 Å². The average molecular weight is 306 g/mol. The van der Waals surface area contributed by atoms with Crippen LogP contribution in [-0.2, 0) is 6.42 Å². The van der Waals surface area contributed by atoms with Gasteiger partial charge in [-0.2, -0.15) is 0 Å². The van der Waals surface area contributed by atoms with Crippen molar-refractivity contribution in [2.24, 2.45) is 0 Å². The fourth-order valence-electron chi connectivity index (χ4n) is 1.49. The summed E-state index contributed by atoms with van der Waals surface area (Å²) in [5.74, 6) is 1.05. The molecule has 2 rings (SSSR count). The summed E-state index contributed by atoms with van der Waals surface area (Å²) in [5, 5.41) is 0. The first-order chi connectivity index (χ1) is 6.27. The number of halogens is 2. The van der Waals surface area contributed by atoms with Crippen molar-refractivity contribution < 1.29 is 4.74 Å². The van der Waals surface area contributed by atoms with Gasteiger partial charge in [0.1, 0.15) is 5.75 Å². The largest absolute Gasteiger partial charge is 0.493 e. The minimum Gasteiger partial charge on any atom is -0.493 e. The predicted molar refractivity (Wildman–Crippen MR) is 60.9 cm³/mol. The Kier molecular flexibility index (Phi) is 2.94. The summed E-state index contributed by atoms with van der Waals surface area (Å²) in [6.45, 7) is 0.853. The molecule has 0 spiro atoms. The quantitative estimate of drug-likeness (QED) is 0.717. The summed E-state index contributed by atoms with van der Waals surface area (Å²) in [4.78, 5) is 0. The van der Waals surface area contributed by atoms with E-state index in [1.807, 2.05) is 0 Å². The second kappa shape index (κ2) is 4.01. The number of fused-ring (bicyclic) bond motifs is 1. The normalized spacial score (nSPS) is 15.3. The molecule has 0 amide bonds. The fraction of sp³-hybridized carbons (Fsp3) is 0.400. The third kappa shape index (κ3) is 2.08. The van der Waals surface area contributed by atoms with Crippen LogP contribution in [0.4, 0.5) is 0 Å². The maximum Gasteiger partial charge on any atom is 0.122 e. The lowest BCUT2D eigenvalue weighted by Gasteiger charge is -2.18. The monoisotopic (exact) mass is 304 g/mol. The van der Waals surface area contributed by atoms with Gasteiger partial charge in [0, 0.05) is 0 Å². The van der Waals surface area contributed by atoms with Gasteiger partial charge in [0.25, 0.3) is 0 Å². The van der Waals surface area contributed by atoms with Gasteiger partial charge in [0.15, 0.2) is 0 Å². The highest BCUT2D eigenvalue weighted by atomic mass is 79.9. The summed E-state index contributed by atoms with van der Waals surface area (Å²) < 4.78 is 5.79. The second-order valence-electron chi connectivity index (χ2n) is 3.12. The minimum atomic E-state index is 0.218. The number of aryl methyl sites for hydroxylation is 1. The molecule has 0 N–H and O–H groups in total. The lowest BCUT2D eigenvalue weighted by Crippen LogP contribution is -2.08. The molecule has 70 valence electrons. The van der Waals surface area contributed by atoms with Crippen LogP contribution in [0.3, 0.4) is 0 Å². The van der Waals surface area contributed by atoms with E-state index in [4.69, 9.17) is 4.74 Å². The Hall–Kier alpha value is -0.0200. The first-order valence-corrected chi connectivity index (χ1v) is 6.14. The first kappa shape index (κ1) is 9.53. The van der Waals surface area contributed by atoms with Crippen molar-refractivity contribution in [2.75, 3.05) is 6.61 Å². The number of benzene rings is 1. The Labute approximate surface area is 94.7 Å². The number of alkyl halides is 2. The maximum atomic E-state index is 5.57. The molecule has 1 nitrogen and oxygen atoms in total. The van der Waals surface area contributed by atoms with E-state index < -0.39 is 0 Å². The molecule has 3 heteroatoms. The number of rotatable bonds is 1. The topological polar surface area (TPSA) is 9.23 Å². The molecule has 1 aromatic rings. The third-order valence-corrected chi connectivity index (χ3v) is 3.25. The van der Waals surface area contributed by atoms with Crippen molar-refractivity contribution in [3.63, 3.8) is 0 Å². The van der Waals surface area contributed by atoms with Crippen LogP contribution >= 0.6 is 31.9 Å². The van der Waals surface area contributed by atoms with Crippen LogP contribution in [0.15, 0.2) is 18.2 Å². The molecule has 0 atom stereocenters. The molecule has 13 heavy (non-hydrogen) atoms. The highest BCUT2D eigenvalue weighted by molar-refractivity contribution is 9.24. The number of hydrogen-bond donors (Lipinski definition) is 0. The van der Waals surface area contributed by atoms with Crippen LogP contribution < -0.4 is 4.74 Å². The highest BCUT2D eigenvalue weighted by Crippen LogP contribution is 2.34. The summed E-state index contributed by atoms with van der Waals surface area (Å²) in [6.07, 6.45) is 2.28.